The summed E-state index contributed by atoms with van der Waals surface area (Å²) in [4.78, 5) is 31.4. The number of carbonyl (C=O) groups excluding carboxylic acids is 1. The van der Waals surface area contributed by atoms with Gasteiger partial charge in [0.2, 0.25) is 5.91 Å². The highest BCUT2D eigenvalue weighted by Crippen LogP contribution is 2.09. The van der Waals surface area contributed by atoms with Crippen molar-refractivity contribution >= 4 is 16.8 Å². The highest BCUT2D eigenvalue weighted by Gasteiger charge is 2.21. The molecule has 3 heterocycles. The van der Waals surface area contributed by atoms with E-state index in [2.05, 4.69) is 15.3 Å². The maximum Gasteiger partial charge on any atom is 0.262 e. The minimum atomic E-state index is -0.116. The van der Waals surface area contributed by atoms with E-state index in [1.165, 1.54) is 17.1 Å². The number of pyridine rings is 1. The lowest BCUT2D eigenvalue weighted by Gasteiger charge is -2.12. The molecule has 2 aromatic rings. The molecule has 0 bridgehead atoms. The topological polar surface area (TPSA) is 76.9 Å². The third kappa shape index (κ3) is 1.85. The molecule has 18 heavy (non-hydrogen) atoms. The van der Waals surface area contributed by atoms with Crippen molar-refractivity contribution in [1.82, 2.24) is 19.9 Å². The molecule has 6 heteroatoms. The van der Waals surface area contributed by atoms with E-state index in [4.69, 9.17) is 0 Å². The molecule has 92 valence electrons. The van der Waals surface area contributed by atoms with Gasteiger partial charge in [0, 0.05) is 31.4 Å². The van der Waals surface area contributed by atoms with Crippen LogP contribution < -0.4 is 10.9 Å². The van der Waals surface area contributed by atoms with Crippen LogP contribution in [0.3, 0.4) is 0 Å². The minimum absolute atomic E-state index is 0.0196. The maximum atomic E-state index is 12.2. The monoisotopic (exact) mass is 244 g/mol. The number of nitrogens with one attached hydrogen (secondary N) is 1. The standard InChI is InChI=1S/C12H12N4O2/c17-11-2-1-8(15-11)6-16-7-14-10-3-4-13-5-9(10)12(16)18/h3-5,7-8H,1-2,6H2,(H,15,17)/t8-/m1/s1. The molecule has 0 saturated carbocycles. The molecule has 0 aromatic carbocycles. The molecule has 0 unspecified atom stereocenters. The van der Waals surface area contributed by atoms with Crippen LogP contribution in [0.5, 0.6) is 0 Å². The van der Waals surface area contributed by atoms with Crippen LogP contribution in [-0.2, 0) is 11.3 Å². The quantitative estimate of drug-likeness (QED) is 0.811. The van der Waals surface area contributed by atoms with Gasteiger partial charge in [-0.1, -0.05) is 0 Å². The summed E-state index contributed by atoms with van der Waals surface area (Å²) >= 11 is 0. The summed E-state index contributed by atoms with van der Waals surface area (Å²) in [5.74, 6) is 0.0449. The molecule has 0 spiro atoms. The van der Waals surface area contributed by atoms with Gasteiger partial charge in [0.15, 0.2) is 0 Å². The first-order valence-electron chi connectivity index (χ1n) is 5.82. The summed E-state index contributed by atoms with van der Waals surface area (Å²) < 4.78 is 1.53. The zero-order valence-corrected chi connectivity index (χ0v) is 9.67. The van der Waals surface area contributed by atoms with E-state index in [0.717, 1.165) is 6.42 Å². The first-order chi connectivity index (χ1) is 8.74. The molecule has 1 atom stereocenters. The van der Waals surface area contributed by atoms with Gasteiger partial charge < -0.3 is 5.32 Å². The molecule has 6 nitrogen and oxygen atoms in total. The Kier molecular flexibility index (Phi) is 2.55. The number of carbonyl (C=O) groups is 1. The van der Waals surface area contributed by atoms with Crippen LogP contribution in [0.25, 0.3) is 10.9 Å². The summed E-state index contributed by atoms with van der Waals surface area (Å²) in [5.41, 5.74) is 0.524. The highest BCUT2D eigenvalue weighted by atomic mass is 16.2. The summed E-state index contributed by atoms with van der Waals surface area (Å²) in [6.07, 6.45) is 5.94. The first-order valence-corrected chi connectivity index (χ1v) is 5.82. The van der Waals surface area contributed by atoms with E-state index in [9.17, 15) is 9.59 Å². The summed E-state index contributed by atoms with van der Waals surface area (Å²) in [6.45, 7) is 0.461. The summed E-state index contributed by atoms with van der Waals surface area (Å²) in [6, 6.07) is 1.73. The molecule has 3 rings (SSSR count). The van der Waals surface area contributed by atoms with Gasteiger partial charge in [0.1, 0.15) is 0 Å². The minimum Gasteiger partial charge on any atom is -0.352 e. The Bertz CT molecular complexity index is 664. The Balaban J connectivity index is 1.95. The third-order valence-corrected chi connectivity index (χ3v) is 3.13. The van der Waals surface area contributed by atoms with Crippen molar-refractivity contribution in [1.29, 1.82) is 0 Å². The van der Waals surface area contributed by atoms with Gasteiger partial charge >= 0.3 is 0 Å². The van der Waals surface area contributed by atoms with Crippen molar-refractivity contribution in [3.63, 3.8) is 0 Å². The maximum absolute atomic E-state index is 12.2. The smallest absolute Gasteiger partial charge is 0.262 e. The number of rotatable bonds is 2. The fourth-order valence-corrected chi connectivity index (χ4v) is 2.19. The fourth-order valence-electron chi connectivity index (χ4n) is 2.19. The second-order valence-electron chi connectivity index (χ2n) is 4.40. The van der Waals surface area contributed by atoms with Gasteiger partial charge in [-0.2, -0.15) is 0 Å². The van der Waals surface area contributed by atoms with E-state index >= 15 is 0 Å². The van der Waals surface area contributed by atoms with Gasteiger partial charge in [0.05, 0.1) is 17.2 Å². The Morgan fingerprint density at radius 1 is 1.44 bits per heavy atom. The molecule has 1 aliphatic heterocycles. The van der Waals surface area contributed by atoms with E-state index in [-0.39, 0.29) is 17.5 Å². The molecule has 1 amide bonds. The molecule has 1 N–H and O–H groups in total. The molecule has 0 radical (unpaired) electrons. The van der Waals surface area contributed by atoms with Gasteiger partial charge in [-0.25, -0.2) is 4.98 Å². The van der Waals surface area contributed by atoms with Gasteiger partial charge in [-0.05, 0) is 12.5 Å². The lowest BCUT2D eigenvalue weighted by Crippen LogP contribution is -2.34. The Morgan fingerprint density at radius 3 is 3.11 bits per heavy atom. The van der Waals surface area contributed by atoms with Gasteiger partial charge in [-0.3, -0.25) is 19.1 Å². The second-order valence-corrected chi connectivity index (χ2v) is 4.40. The van der Waals surface area contributed by atoms with E-state index in [1.54, 1.807) is 12.3 Å². The van der Waals surface area contributed by atoms with Crippen molar-refractivity contribution in [2.45, 2.75) is 25.4 Å². The zero-order valence-electron chi connectivity index (χ0n) is 9.67. The van der Waals surface area contributed by atoms with Gasteiger partial charge in [-0.15, -0.1) is 0 Å². The fraction of sp³-hybridized carbons (Fsp3) is 0.333. The van der Waals surface area contributed by atoms with Gasteiger partial charge in [0.25, 0.3) is 5.56 Å². The number of fused-ring (bicyclic) bond motifs is 1. The highest BCUT2D eigenvalue weighted by molar-refractivity contribution is 5.78. The lowest BCUT2D eigenvalue weighted by molar-refractivity contribution is -0.119. The summed E-state index contributed by atoms with van der Waals surface area (Å²) in [5, 5.41) is 3.34. The average Bonchev–Trinajstić information content (AvgIpc) is 2.79. The van der Waals surface area contributed by atoms with Crippen molar-refractivity contribution in [3.05, 3.63) is 35.1 Å². The average molecular weight is 244 g/mol. The van der Waals surface area contributed by atoms with E-state index in [0.29, 0.717) is 23.9 Å². The third-order valence-electron chi connectivity index (χ3n) is 3.13. The van der Waals surface area contributed by atoms with Crippen LogP contribution in [0.15, 0.2) is 29.6 Å². The van der Waals surface area contributed by atoms with Crippen molar-refractivity contribution < 1.29 is 4.79 Å². The lowest BCUT2D eigenvalue weighted by atomic mass is 10.2. The summed E-state index contributed by atoms with van der Waals surface area (Å²) in [7, 11) is 0. The van der Waals surface area contributed by atoms with Crippen LogP contribution in [0.2, 0.25) is 0 Å². The molecule has 0 aliphatic carbocycles. The van der Waals surface area contributed by atoms with Crippen LogP contribution in [0, 0.1) is 0 Å². The normalized spacial score (nSPS) is 19.1. The Morgan fingerprint density at radius 2 is 2.33 bits per heavy atom. The van der Waals surface area contributed by atoms with Crippen molar-refractivity contribution in [3.8, 4) is 0 Å². The number of nitrogens with zero attached hydrogens (tertiary/aromatic N) is 3. The molecule has 1 aliphatic rings. The van der Waals surface area contributed by atoms with Crippen LogP contribution in [0.4, 0.5) is 0 Å². The van der Waals surface area contributed by atoms with E-state index < -0.39 is 0 Å². The predicted molar refractivity (Wildman–Crippen MR) is 65.0 cm³/mol. The second kappa shape index (κ2) is 4.21. The molecule has 2 aromatic heterocycles. The Hall–Kier alpha value is -2.24. The first kappa shape index (κ1) is 10.9. The van der Waals surface area contributed by atoms with Crippen molar-refractivity contribution in [2.75, 3.05) is 0 Å². The van der Waals surface area contributed by atoms with E-state index in [1.807, 2.05) is 0 Å². The number of hydrogen-bond acceptors (Lipinski definition) is 4. The predicted octanol–water partition coefficient (Wildman–Crippen LogP) is 0.0701. The van der Waals surface area contributed by atoms with Crippen LogP contribution in [0.1, 0.15) is 12.8 Å². The molecular formula is C12H12N4O2. The molecule has 1 fully saturated rings. The number of aromatic nitrogens is 3. The Labute approximate surface area is 103 Å². The number of amides is 1. The number of hydrogen-bond donors (Lipinski definition) is 1. The largest absolute Gasteiger partial charge is 0.352 e. The zero-order chi connectivity index (χ0) is 12.5. The SMILES string of the molecule is O=C1CC[C@H](Cn2cnc3ccncc3c2=O)N1. The molecule has 1 saturated heterocycles. The van der Waals surface area contributed by atoms with Crippen molar-refractivity contribution in [2.24, 2.45) is 0 Å². The van der Waals surface area contributed by atoms with Crippen LogP contribution >= 0.6 is 0 Å². The van der Waals surface area contributed by atoms with Crippen LogP contribution in [-0.4, -0.2) is 26.5 Å². The molecular weight excluding hydrogens is 232 g/mol.